The first-order valence-corrected chi connectivity index (χ1v) is 9.72. The molecule has 2 rings (SSSR count). The quantitative estimate of drug-likeness (QED) is 0.840. The van der Waals surface area contributed by atoms with Crippen molar-refractivity contribution in [1.29, 1.82) is 0 Å². The van der Waals surface area contributed by atoms with Gasteiger partial charge in [-0.05, 0) is 59.6 Å². The Balaban J connectivity index is 2.48. The zero-order chi connectivity index (χ0) is 18.4. The topological polar surface area (TPSA) is 57.7 Å². The first-order valence-electron chi connectivity index (χ1n) is 8.28. The molecule has 0 aromatic heterocycles. The van der Waals surface area contributed by atoms with E-state index in [1.807, 2.05) is 60.6 Å². The van der Waals surface area contributed by atoms with E-state index in [4.69, 9.17) is 0 Å². The lowest BCUT2D eigenvalue weighted by atomic mass is 9.98. The Labute approximate surface area is 145 Å². The van der Waals surface area contributed by atoms with Gasteiger partial charge in [0.25, 0.3) is 0 Å². The van der Waals surface area contributed by atoms with Gasteiger partial charge in [0.2, 0.25) is 15.9 Å². The SMILES string of the molecule is Cc1cc(C)c(S(=O)(=O)N2CC(=O)N(C(C)C)C(C)(C)C2)c(C)c1. The van der Waals surface area contributed by atoms with Crippen molar-refractivity contribution in [1.82, 2.24) is 9.21 Å². The Hall–Kier alpha value is -1.40. The van der Waals surface area contributed by atoms with Crippen LogP contribution in [-0.2, 0) is 14.8 Å². The lowest BCUT2D eigenvalue weighted by molar-refractivity contribution is -0.144. The Morgan fingerprint density at radius 3 is 2.00 bits per heavy atom. The molecule has 0 aliphatic carbocycles. The third kappa shape index (κ3) is 3.22. The summed E-state index contributed by atoms with van der Waals surface area (Å²) in [6.07, 6.45) is 0. The summed E-state index contributed by atoms with van der Waals surface area (Å²) in [5.41, 5.74) is 1.95. The summed E-state index contributed by atoms with van der Waals surface area (Å²) >= 11 is 0. The van der Waals surface area contributed by atoms with Gasteiger partial charge in [-0.2, -0.15) is 4.31 Å². The maximum absolute atomic E-state index is 13.2. The monoisotopic (exact) mass is 352 g/mol. The molecule has 5 nitrogen and oxygen atoms in total. The van der Waals surface area contributed by atoms with E-state index in [9.17, 15) is 13.2 Å². The van der Waals surface area contributed by atoms with Gasteiger partial charge >= 0.3 is 0 Å². The summed E-state index contributed by atoms with van der Waals surface area (Å²) in [7, 11) is -3.71. The maximum atomic E-state index is 13.2. The summed E-state index contributed by atoms with van der Waals surface area (Å²) in [6.45, 7) is 13.5. The number of hydrogen-bond acceptors (Lipinski definition) is 3. The van der Waals surface area contributed by atoms with Gasteiger partial charge in [-0.3, -0.25) is 4.79 Å². The second kappa shape index (κ2) is 6.15. The van der Waals surface area contributed by atoms with Crippen molar-refractivity contribution < 1.29 is 13.2 Å². The molecule has 1 heterocycles. The minimum Gasteiger partial charge on any atom is -0.333 e. The van der Waals surface area contributed by atoms with E-state index in [1.54, 1.807) is 4.90 Å². The molecule has 1 aliphatic heterocycles. The number of hydrogen-bond donors (Lipinski definition) is 0. The zero-order valence-electron chi connectivity index (χ0n) is 15.7. The molecule has 0 N–H and O–H groups in total. The number of nitrogens with zero attached hydrogens (tertiary/aromatic N) is 2. The number of amides is 1. The highest BCUT2D eigenvalue weighted by Crippen LogP contribution is 2.31. The van der Waals surface area contributed by atoms with Crippen LogP contribution in [0.25, 0.3) is 0 Å². The van der Waals surface area contributed by atoms with Crippen LogP contribution in [0.3, 0.4) is 0 Å². The van der Waals surface area contributed by atoms with E-state index in [0.717, 1.165) is 16.7 Å². The fraction of sp³-hybridized carbons (Fsp3) is 0.611. The van der Waals surface area contributed by atoms with Gasteiger partial charge in [0, 0.05) is 12.6 Å². The van der Waals surface area contributed by atoms with E-state index < -0.39 is 15.6 Å². The van der Waals surface area contributed by atoms with Crippen molar-refractivity contribution >= 4 is 15.9 Å². The average molecular weight is 353 g/mol. The second-order valence-electron chi connectivity index (χ2n) is 7.67. The minimum absolute atomic E-state index is 0.0419. The highest BCUT2D eigenvalue weighted by molar-refractivity contribution is 7.89. The fourth-order valence-corrected chi connectivity index (χ4v) is 5.94. The van der Waals surface area contributed by atoms with Crippen molar-refractivity contribution in [2.24, 2.45) is 0 Å². The molecule has 0 atom stereocenters. The van der Waals surface area contributed by atoms with E-state index in [1.165, 1.54) is 4.31 Å². The molecule has 0 spiro atoms. The number of piperazine rings is 1. The average Bonchev–Trinajstić information content (AvgIpc) is 2.33. The third-order valence-corrected chi connectivity index (χ3v) is 6.61. The van der Waals surface area contributed by atoms with Crippen LogP contribution in [0.4, 0.5) is 0 Å². The number of benzene rings is 1. The number of sulfonamides is 1. The van der Waals surface area contributed by atoms with Gasteiger partial charge in [-0.15, -0.1) is 0 Å². The maximum Gasteiger partial charge on any atom is 0.244 e. The largest absolute Gasteiger partial charge is 0.333 e. The van der Waals surface area contributed by atoms with Crippen LogP contribution in [0.1, 0.15) is 44.4 Å². The van der Waals surface area contributed by atoms with Crippen LogP contribution >= 0.6 is 0 Å². The van der Waals surface area contributed by atoms with Crippen molar-refractivity contribution in [3.8, 4) is 0 Å². The van der Waals surface area contributed by atoms with Crippen LogP contribution in [0.15, 0.2) is 17.0 Å². The molecule has 1 fully saturated rings. The van der Waals surface area contributed by atoms with Gasteiger partial charge in [0.1, 0.15) is 0 Å². The second-order valence-corrected chi connectivity index (χ2v) is 9.55. The van der Waals surface area contributed by atoms with E-state index in [-0.39, 0.29) is 18.5 Å². The number of carbonyl (C=O) groups is 1. The number of rotatable bonds is 3. The Morgan fingerprint density at radius 1 is 1.08 bits per heavy atom. The molecular formula is C18H28N2O3S. The molecule has 0 bridgehead atoms. The lowest BCUT2D eigenvalue weighted by Crippen LogP contribution is -2.64. The Morgan fingerprint density at radius 2 is 1.58 bits per heavy atom. The normalized spacial score (nSPS) is 19.2. The van der Waals surface area contributed by atoms with E-state index in [2.05, 4.69) is 0 Å². The van der Waals surface area contributed by atoms with Crippen LogP contribution in [0.5, 0.6) is 0 Å². The van der Waals surface area contributed by atoms with Crippen molar-refractivity contribution in [3.05, 3.63) is 28.8 Å². The minimum atomic E-state index is -3.71. The Bertz CT molecular complexity index is 743. The predicted molar refractivity (Wildman–Crippen MR) is 95.5 cm³/mol. The van der Waals surface area contributed by atoms with E-state index in [0.29, 0.717) is 11.4 Å². The molecule has 0 saturated carbocycles. The molecular weight excluding hydrogens is 324 g/mol. The Kier molecular flexibility index (Phi) is 4.85. The molecule has 134 valence electrons. The summed E-state index contributed by atoms with van der Waals surface area (Å²) < 4.78 is 27.7. The third-order valence-electron chi connectivity index (χ3n) is 4.51. The highest BCUT2D eigenvalue weighted by Gasteiger charge is 2.44. The van der Waals surface area contributed by atoms with Gasteiger partial charge in [-0.25, -0.2) is 8.42 Å². The van der Waals surface area contributed by atoms with Gasteiger partial charge in [-0.1, -0.05) is 17.7 Å². The summed E-state index contributed by atoms with van der Waals surface area (Å²) in [5, 5.41) is 0. The summed E-state index contributed by atoms with van der Waals surface area (Å²) in [6, 6.07) is 3.79. The predicted octanol–water partition coefficient (Wildman–Crippen LogP) is 2.63. The lowest BCUT2D eigenvalue weighted by Gasteiger charge is -2.48. The van der Waals surface area contributed by atoms with Gasteiger partial charge < -0.3 is 4.90 Å². The van der Waals surface area contributed by atoms with Crippen molar-refractivity contribution in [2.75, 3.05) is 13.1 Å². The van der Waals surface area contributed by atoms with Crippen LogP contribution < -0.4 is 0 Å². The highest BCUT2D eigenvalue weighted by atomic mass is 32.2. The fourth-order valence-electron chi connectivity index (χ4n) is 3.99. The standard InChI is InChI=1S/C18H28N2O3S/c1-12(2)20-16(21)10-19(11-18(20,6)7)24(22,23)17-14(4)8-13(3)9-15(17)5/h8-9,12H,10-11H2,1-7H3. The summed E-state index contributed by atoms with van der Waals surface area (Å²) in [5.74, 6) is -0.146. The van der Waals surface area contributed by atoms with Crippen LogP contribution in [-0.4, -0.2) is 48.2 Å². The number of aryl methyl sites for hydroxylation is 3. The first-order chi connectivity index (χ1) is 10.9. The molecule has 1 aliphatic rings. The van der Waals surface area contributed by atoms with Crippen LogP contribution in [0, 0.1) is 20.8 Å². The molecule has 1 aromatic rings. The van der Waals surface area contributed by atoms with Crippen molar-refractivity contribution in [2.45, 2.75) is 64.9 Å². The molecule has 1 aromatic carbocycles. The molecule has 1 saturated heterocycles. The molecule has 1 amide bonds. The van der Waals surface area contributed by atoms with Crippen molar-refractivity contribution in [3.63, 3.8) is 0 Å². The van der Waals surface area contributed by atoms with Gasteiger partial charge in [0.05, 0.1) is 17.0 Å². The van der Waals surface area contributed by atoms with Crippen LogP contribution in [0.2, 0.25) is 0 Å². The molecule has 6 heteroatoms. The van der Waals surface area contributed by atoms with E-state index >= 15 is 0 Å². The van der Waals surface area contributed by atoms with Gasteiger partial charge in [0.15, 0.2) is 0 Å². The molecule has 24 heavy (non-hydrogen) atoms. The smallest absolute Gasteiger partial charge is 0.244 e. The first kappa shape index (κ1) is 18.9. The number of carbonyl (C=O) groups excluding carboxylic acids is 1. The summed E-state index contributed by atoms with van der Waals surface area (Å²) in [4.78, 5) is 14.7. The zero-order valence-corrected chi connectivity index (χ0v) is 16.5. The molecule has 0 unspecified atom stereocenters. The molecule has 0 radical (unpaired) electrons.